The number of oxazole rings is 1. The molecule has 0 aliphatic carbocycles. The molecule has 1 aliphatic heterocycles. The first-order chi connectivity index (χ1) is 10.8. The first-order valence-electron chi connectivity index (χ1n) is 7.77. The fourth-order valence-corrected chi connectivity index (χ4v) is 4.87. The van der Waals surface area contributed by atoms with Gasteiger partial charge in [0, 0.05) is 18.2 Å². The zero-order chi connectivity index (χ0) is 16.6. The van der Waals surface area contributed by atoms with Gasteiger partial charge in [-0.05, 0) is 38.9 Å². The van der Waals surface area contributed by atoms with Crippen molar-refractivity contribution in [1.29, 1.82) is 0 Å². The molecule has 1 fully saturated rings. The summed E-state index contributed by atoms with van der Waals surface area (Å²) >= 11 is 0. The molecular weight excluding hydrogens is 312 g/mol. The van der Waals surface area contributed by atoms with Crippen molar-refractivity contribution in [2.75, 3.05) is 18.6 Å². The normalized spacial score (nSPS) is 20.3. The van der Waals surface area contributed by atoms with Crippen molar-refractivity contribution in [3.63, 3.8) is 0 Å². The van der Waals surface area contributed by atoms with E-state index >= 15 is 0 Å². The van der Waals surface area contributed by atoms with Crippen molar-refractivity contribution in [3.8, 4) is 11.5 Å². The summed E-state index contributed by atoms with van der Waals surface area (Å²) in [6.07, 6.45) is 2.36. The van der Waals surface area contributed by atoms with Gasteiger partial charge in [0.15, 0.2) is 9.84 Å². The third kappa shape index (κ3) is 3.64. The van der Waals surface area contributed by atoms with Crippen LogP contribution in [0.1, 0.15) is 23.2 Å². The lowest BCUT2D eigenvalue weighted by molar-refractivity contribution is 0.251. The van der Waals surface area contributed by atoms with E-state index in [0.29, 0.717) is 18.9 Å². The van der Waals surface area contributed by atoms with E-state index in [0.717, 1.165) is 16.8 Å². The molecule has 2 heterocycles. The van der Waals surface area contributed by atoms with E-state index in [-0.39, 0.29) is 17.5 Å². The molecule has 0 spiro atoms. The Balaban J connectivity index is 1.72. The topological polar surface area (TPSA) is 63.4 Å². The van der Waals surface area contributed by atoms with Gasteiger partial charge in [0.2, 0.25) is 5.89 Å². The summed E-state index contributed by atoms with van der Waals surface area (Å²) in [5.41, 5.74) is 4.16. The monoisotopic (exact) mass is 334 g/mol. The highest BCUT2D eigenvalue weighted by molar-refractivity contribution is 7.91. The number of hydrogen-bond acceptors (Lipinski definition) is 5. The minimum absolute atomic E-state index is 0.0706. The van der Waals surface area contributed by atoms with Gasteiger partial charge in [0.25, 0.3) is 0 Å². The maximum absolute atomic E-state index is 11.6. The molecule has 0 N–H and O–H groups in total. The molecule has 2 aromatic rings. The highest BCUT2D eigenvalue weighted by Crippen LogP contribution is 2.24. The van der Waals surface area contributed by atoms with Crippen molar-refractivity contribution in [1.82, 2.24) is 9.88 Å². The molecule has 0 bridgehead atoms. The number of aryl methyl sites for hydroxylation is 2. The third-order valence-corrected chi connectivity index (χ3v) is 6.16. The van der Waals surface area contributed by atoms with Gasteiger partial charge >= 0.3 is 0 Å². The SMILES string of the molecule is Cc1ccc(-c2nc(CN(C)[C@@H]3CCS(=O)(=O)C3)co2)c(C)c1. The van der Waals surface area contributed by atoms with Gasteiger partial charge < -0.3 is 4.42 Å². The van der Waals surface area contributed by atoms with E-state index in [9.17, 15) is 8.42 Å². The summed E-state index contributed by atoms with van der Waals surface area (Å²) in [7, 11) is -0.924. The molecule has 124 valence electrons. The van der Waals surface area contributed by atoms with Gasteiger partial charge in [-0.15, -0.1) is 0 Å². The van der Waals surface area contributed by atoms with Crippen LogP contribution in [0.5, 0.6) is 0 Å². The number of sulfone groups is 1. The second kappa shape index (κ2) is 6.09. The fourth-order valence-electron chi connectivity index (χ4n) is 3.06. The molecule has 0 saturated carbocycles. The van der Waals surface area contributed by atoms with E-state index in [1.165, 1.54) is 5.56 Å². The van der Waals surface area contributed by atoms with Gasteiger partial charge in [-0.1, -0.05) is 17.7 Å². The Morgan fingerprint density at radius 2 is 2.13 bits per heavy atom. The van der Waals surface area contributed by atoms with E-state index < -0.39 is 9.84 Å². The van der Waals surface area contributed by atoms with Gasteiger partial charge in [0.05, 0.1) is 17.2 Å². The number of nitrogens with zero attached hydrogens (tertiary/aromatic N) is 2. The van der Waals surface area contributed by atoms with Crippen LogP contribution in [0.4, 0.5) is 0 Å². The van der Waals surface area contributed by atoms with E-state index in [2.05, 4.69) is 18.0 Å². The Bertz CT molecular complexity index is 811. The lowest BCUT2D eigenvalue weighted by Gasteiger charge is -2.21. The van der Waals surface area contributed by atoms with Crippen LogP contribution in [0.15, 0.2) is 28.9 Å². The Kier molecular flexibility index (Phi) is 4.29. The lowest BCUT2D eigenvalue weighted by Crippen LogP contribution is -2.32. The molecule has 1 atom stereocenters. The number of benzene rings is 1. The maximum Gasteiger partial charge on any atom is 0.226 e. The smallest absolute Gasteiger partial charge is 0.226 e. The highest BCUT2D eigenvalue weighted by Gasteiger charge is 2.30. The van der Waals surface area contributed by atoms with Crippen molar-refractivity contribution >= 4 is 9.84 Å². The third-order valence-electron chi connectivity index (χ3n) is 4.41. The van der Waals surface area contributed by atoms with E-state index in [4.69, 9.17) is 4.42 Å². The Morgan fingerprint density at radius 1 is 1.35 bits per heavy atom. The lowest BCUT2D eigenvalue weighted by atomic mass is 10.1. The predicted molar refractivity (Wildman–Crippen MR) is 89.9 cm³/mol. The summed E-state index contributed by atoms with van der Waals surface area (Å²) in [5.74, 6) is 1.14. The van der Waals surface area contributed by atoms with E-state index in [1.807, 2.05) is 31.0 Å². The maximum atomic E-state index is 11.6. The molecule has 1 aromatic heterocycles. The fraction of sp³-hybridized carbons (Fsp3) is 0.471. The predicted octanol–water partition coefficient (Wildman–Crippen LogP) is 2.58. The first kappa shape index (κ1) is 16.2. The summed E-state index contributed by atoms with van der Waals surface area (Å²) in [5, 5.41) is 0. The Hall–Kier alpha value is -1.66. The van der Waals surface area contributed by atoms with Crippen molar-refractivity contribution in [2.24, 2.45) is 0 Å². The number of rotatable bonds is 4. The molecular formula is C17H22N2O3S. The van der Waals surface area contributed by atoms with Crippen molar-refractivity contribution in [3.05, 3.63) is 41.3 Å². The quantitative estimate of drug-likeness (QED) is 0.860. The van der Waals surface area contributed by atoms with Gasteiger partial charge in [-0.25, -0.2) is 13.4 Å². The van der Waals surface area contributed by atoms with Gasteiger partial charge in [-0.2, -0.15) is 0 Å². The van der Waals surface area contributed by atoms with Crippen LogP contribution in [-0.4, -0.2) is 42.9 Å². The van der Waals surface area contributed by atoms with Crippen molar-refractivity contribution < 1.29 is 12.8 Å². The second-order valence-electron chi connectivity index (χ2n) is 6.43. The van der Waals surface area contributed by atoms with Crippen molar-refractivity contribution in [2.45, 2.75) is 32.9 Å². The van der Waals surface area contributed by atoms with E-state index in [1.54, 1.807) is 6.26 Å². The molecule has 1 aliphatic rings. The molecule has 6 heteroatoms. The van der Waals surface area contributed by atoms with Crippen LogP contribution in [0.25, 0.3) is 11.5 Å². The molecule has 23 heavy (non-hydrogen) atoms. The Labute approximate surface area is 137 Å². The largest absolute Gasteiger partial charge is 0.444 e. The molecule has 0 unspecified atom stereocenters. The molecule has 5 nitrogen and oxygen atoms in total. The van der Waals surface area contributed by atoms with Gasteiger partial charge in [0.1, 0.15) is 6.26 Å². The summed E-state index contributed by atoms with van der Waals surface area (Å²) in [4.78, 5) is 6.61. The average molecular weight is 334 g/mol. The second-order valence-corrected chi connectivity index (χ2v) is 8.66. The molecule has 0 amide bonds. The zero-order valence-corrected chi connectivity index (χ0v) is 14.6. The van der Waals surface area contributed by atoms with Crippen LogP contribution in [0, 0.1) is 13.8 Å². The average Bonchev–Trinajstić information content (AvgIpc) is 3.05. The van der Waals surface area contributed by atoms with Crippen LogP contribution >= 0.6 is 0 Å². The molecule has 3 rings (SSSR count). The molecule has 1 aromatic carbocycles. The summed E-state index contributed by atoms with van der Waals surface area (Å²) < 4.78 is 28.8. The highest BCUT2D eigenvalue weighted by atomic mass is 32.2. The van der Waals surface area contributed by atoms with Gasteiger partial charge in [-0.3, -0.25) is 4.90 Å². The Morgan fingerprint density at radius 3 is 2.78 bits per heavy atom. The number of aromatic nitrogens is 1. The van der Waals surface area contributed by atoms with Crippen LogP contribution in [0.2, 0.25) is 0 Å². The minimum Gasteiger partial charge on any atom is -0.444 e. The summed E-state index contributed by atoms with van der Waals surface area (Å²) in [6, 6.07) is 6.24. The minimum atomic E-state index is -2.87. The molecule has 0 radical (unpaired) electrons. The summed E-state index contributed by atoms with van der Waals surface area (Å²) in [6.45, 7) is 4.69. The zero-order valence-electron chi connectivity index (χ0n) is 13.7. The van der Waals surface area contributed by atoms with Crippen LogP contribution in [0.3, 0.4) is 0 Å². The van der Waals surface area contributed by atoms with Crippen LogP contribution in [-0.2, 0) is 16.4 Å². The first-order valence-corrected chi connectivity index (χ1v) is 9.59. The standard InChI is InChI=1S/C17H22N2O3S/c1-12-4-5-16(13(2)8-12)17-18-14(10-22-17)9-19(3)15-6-7-23(20,21)11-15/h4-5,8,10,15H,6-7,9,11H2,1-3H3/t15-/m1/s1. The van der Waals surface area contributed by atoms with Crippen LogP contribution < -0.4 is 0 Å². The number of hydrogen-bond donors (Lipinski definition) is 0. The molecule has 1 saturated heterocycles.